The SMILES string of the molecule is COc1cc(Nc2nc(N)nc3c2ncn3C2CCCCO2)cc(OC)c1O. The van der Waals surface area contributed by atoms with Crippen molar-refractivity contribution in [3.63, 3.8) is 0 Å². The van der Waals surface area contributed by atoms with Crippen LogP contribution in [0.25, 0.3) is 11.2 Å². The molecule has 4 N–H and O–H groups in total. The number of ether oxygens (including phenoxy) is 3. The molecule has 1 fully saturated rings. The van der Waals surface area contributed by atoms with Gasteiger partial charge in [-0.15, -0.1) is 0 Å². The first-order valence-electron chi connectivity index (χ1n) is 8.94. The van der Waals surface area contributed by atoms with Gasteiger partial charge in [0.25, 0.3) is 0 Å². The summed E-state index contributed by atoms with van der Waals surface area (Å²) in [5, 5.41) is 13.3. The number of anilines is 3. The van der Waals surface area contributed by atoms with Crippen LogP contribution in [0.1, 0.15) is 25.5 Å². The number of nitrogens with two attached hydrogens (primary N) is 1. The predicted molar refractivity (Wildman–Crippen MR) is 103 cm³/mol. The van der Waals surface area contributed by atoms with Gasteiger partial charge in [-0.25, -0.2) is 4.98 Å². The second-order valence-electron chi connectivity index (χ2n) is 6.43. The van der Waals surface area contributed by atoms with E-state index in [1.165, 1.54) is 14.2 Å². The summed E-state index contributed by atoms with van der Waals surface area (Å²) in [6.45, 7) is 0.711. The number of phenols is 1. The van der Waals surface area contributed by atoms with Crippen molar-refractivity contribution >= 4 is 28.6 Å². The highest BCUT2D eigenvalue weighted by Gasteiger charge is 2.21. The highest BCUT2D eigenvalue weighted by atomic mass is 16.5. The number of benzene rings is 1. The van der Waals surface area contributed by atoms with Crippen LogP contribution in [-0.4, -0.2) is 45.5 Å². The fourth-order valence-electron chi connectivity index (χ4n) is 3.28. The number of nitrogen functional groups attached to an aromatic ring is 1. The molecule has 4 rings (SSSR count). The van der Waals surface area contributed by atoms with E-state index in [0.717, 1.165) is 19.3 Å². The van der Waals surface area contributed by atoms with Gasteiger partial charge in [-0.05, 0) is 19.3 Å². The molecule has 2 aromatic heterocycles. The predicted octanol–water partition coefficient (Wildman–Crippen LogP) is 2.57. The van der Waals surface area contributed by atoms with Crippen LogP contribution < -0.4 is 20.5 Å². The summed E-state index contributed by atoms with van der Waals surface area (Å²) in [6, 6.07) is 3.26. The van der Waals surface area contributed by atoms with Crippen molar-refractivity contribution in [2.24, 2.45) is 0 Å². The normalized spacial score (nSPS) is 16.9. The number of aromatic nitrogens is 4. The standard InChI is InChI=1S/C18H22N6O4/c1-26-11-7-10(8-12(27-2)15(11)25)21-16-14-17(23-18(19)22-16)24(9-20-14)13-5-3-4-6-28-13/h7-9,13,25H,3-6H2,1-2H3,(H3,19,21,22,23). The molecule has 1 saturated heterocycles. The van der Waals surface area contributed by atoms with Crippen molar-refractivity contribution in [3.8, 4) is 17.2 Å². The topological polar surface area (TPSA) is 130 Å². The lowest BCUT2D eigenvalue weighted by molar-refractivity contribution is -0.0298. The van der Waals surface area contributed by atoms with E-state index in [2.05, 4.69) is 20.3 Å². The van der Waals surface area contributed by atoms with E-state index in [-0.39, 0.29) is 29.4 Å². The third-order valence-electron chi connectivity index (χ3n) is 4.65. The number of aromatic hydroxyl groups is 1. The highest BCUT2D eigenvalue weighted by Crippen LogP contribution is 2.40. The summed E-state index contributed by atoms with van der Waals surface area (Å²) in [5.41, 5.74) is 7.69. The summed E-state index contributed by atoms with van der Waals surface area (Å²) in [5.74, 6) is 1.00. The van der Waals surface area contributed by atoms with Crippen molar-refractivity contribution in [3.05, 3.63) is 18.5 Å². The van der Waals surface area contributed by atoms with Crippen molar-refractivity contribution < 1.29 is 19.3 Å². The molecule has 0 radical (unpaired) electrons. The molecule has 1 aromatic carbocycles. The molecule has 10 heteroatoms. The maximum atomic E-state index is 10.1. The first-order valence-corrected chi connectivity index (χ1v) is 8.94. The molecule has 0 bridgehead atoms. The first-order chi connectivity index (χ1) is 13.6. The molecule has 1 unspecified atom stereocenters. The summed E-state index contributed by atoms with van der Waals surface area (Å²) < 4.78 is 18.1. The summed E-state index contributed by atoms with van der Waals surface area (Å²) in [6.07, 6.45) is 4.61. The van der Waals surface area contributed by atoms with Gasteiger partial charge < -0.3 is 30.4 Å². The fourth-order valence-corrected chi connectivity index (χ4v) is 3.28. The van der Waals surface area contributed by atoms with Gasteiger partial charge in [0.2, 0.25) is 11.7 Å². The van der Waals surface area contributed by atoms with Gasteiger partial charge in [0.05, 0.1) is 20.5 Å². The zero-order valence-electron chi connectivity index (χ0n) is 15.7. The van der Waals surface area contributed by atoms with Gasteiger partial charge in [-0.1, -0.05) is 0 Å². The molecule has 3 heterocycles. The molecular weight excluding hydrogens is 364 g/mol. The van der Waals surface area contributed by atoms with Crippen LogP contribution in [0.15, 0.2) is 18.5 Å². The largest absolute Gasteiger partial charge is 0.502 e. The second-order valence-corrected chi connectivity index (χ2v) is 6.43. The Labute approximate surface area is 161 Å². The van der Waals surface area contributed by atoms with Gasteiger partial charge >= 0.3 is 0 Å². The molecule has 0 spiro atoms. The molecule has 3 aromatic rings. The number of phenolic OH excluding ortho intramolecular Hbond substituents is 1. The van der Waals surface area contributed by atoms with Crippen LogP contribution in [0.2, 0.25) is 0 Å². The lowest BCUT2D eigenvalue weighted by Gasteiger charge is -2.23. The van der Waals surface area contributed by atoms with Crippen molar-refractivity contribution in [2.75, 3.05) is 31.9 Å². The van der Waals surface area contributed by atoms with Gasteiger partial charge in [0, 0.05) is 24.4 Å². The molecule has 148 valence electrons. The Balaban J connectivity index is 1.74. The number of fused-ring (bicyclic) bond motifs is 1. The second kappa shape index (κ2) is 7.39. The average Bonchev–Trinajstić information content (AvgIpc) is 3.13. The van der Waals surface area contributed by atoms with Crippen LogP contribution in [0.5, 0.6) is 17.2 Å². The Morgan fingerprint density at radius 2 is 1.96 bits per heavy atom. The monoisotopic (exact) mass is 386 g/mol. The van der Waals surface area contributed by atoms with Crippen molar-refractivity contribution in [1.82, 2.24) is 19.5 Å². The summed E-state index contributed by atoms with van der Waals surface area (Å²) in [4.78, 5) is 13.1. The number of methoxy groups -OCH3 is 2. The lowest BCUT2D eigenvalue weighted by atomic mass is 10.2. The number of rotatable bonds is 5. The smallest absolute Gasteiger partial charge is 0.224 e. The molecule has 1 aliphatic heterocycles. The Bertz CT molecular complexity index is 974. The van der Waals surface area contributed by atoms with Gasteiger partial charge in [-0.2, -0.15) is 9.97 Å². The van der Waals surface area contributed by atoms with E-state index in [9.17, 15) is 5.11 Å². The zero-order chi connectivity index (χ0) is 19.7. The number of nitrogens with zero attached hydrogens (tertiary/aromatic N) is 4. The minimum Gasteiger partial charge on any atom is -0.502 e. The molecule has 0 aliphatic carbocycles. The lowest BCUT2D eigenvalue weighted by Crippen LogP contribution is -2.18. The van der Waals surface area contributed by atoms with Gasteiger partial charge in [0.1, 0.15) is 6.23 Å². The quantitative estimate of drug-likeness (QED) is 0.566. The first kappa shape index (κ1) is 18.1. The molecular formula is C18H22N6O4. The van der Waals surface area contributed by atoms with Gasteiger partial charge in [-0.3, -0.25) is 4.57 Å². The van der Waals surface area contributed by atoms with E-state index >= 15 is 0 Å². The Hall–Kier alpha value is -3.27. The Morgan fingerprint density at radius 3 is 2.61 bits per heavy atom. The molecule has 0 saturated carbocycles. The number of imidazole rings is 1. The summed E-state index contributed by atoms with van der Waals surface area (Å²) in [7, 11) is 2.93. The number of hydrogen-bond donors (Lipinski definition) is 3. The van der Waals surface area contributed by atoms with Crippen LogP contribution in [0.3, 0.4) is 0 Å². The van der Waals surface area contributed by atoms with Crippen molar-refractivity contribution in [2.45, 2.75) is 25.5 Å². The maximum absolute atomic E-state index is 10.1. The number of nitrogens with one attached hydrogen (secondary N) is 1. The minimum absolute atomic E-state index is 0.0818. The average molecular weight is 386 g/mol. The number of hydrogen-bond acceptors (Lipinski definition) is 9. The van der Waals surface area contributed by atoms with Crippen molar-refractivity contribution in [1.29, 1.82) is 0 Å². The zero-order valence-corrected chi connectivity index (χ0v) is 15.7. The van der Waals surface area contributed by atoms with Crippen LogP contribution in [-0.2, 0) is 4.74 Å². The van der Waals surface area contributed by atoms with E-state index in [4.69, 9.17) is 19.9 Å². The fraction of sp³-hybridized carbons (Fsp3) is 0.389. The van der Waals surface area contributed by atoms with Crippen LogP contribution in [0, 0.1) is 0 Å². The summed E-state index contributed by atoms with van der Waals surface area (Å²) >= 11 is 0. The third-order valence-corrected chi connectivity index (χ3v) is 4.65. The van der Waals surface area contributed by atoms with E-state index in [0.29, 0.717) is 29.3 Å². The molecule has 1 atom stereocenters. The highest BCUT2D eigenvalue weighted by molar-refractivity contribution is 5.87. The van der Waals surface area contributed by atoms with Gasteiger partial charge in [0.15, 0.2) is 28.5 Å². The Kier molecular flexibility index (Phi) is 4.78. The minimum atomic E-state index is -0.116. The van der Waals surface area contributed by atoms with Crippen LogP contribution in [0.4, 0.5) is 17.5 Å². The maximum Gasteiger partial charge on any atom is 0.224 e. The molecule has 1 aliphatic rings. The van der Waals surface area contributed by atoms with E-state index in [1.807, 2.05) is 4.57 Å². The van der Waals surface area contributed by atoms with E-state index in [1.54, 1.807) is 18.5 Å². The van der Waals surface area contributed by atoms with Crippen LogP contribution >= 0.6 is 0 Å². The molecule has 28 heavy (non-hydrogen) atoms. The Morgan fingerprint density at radius 1 is 1.21 bits per heavy atom. The van der Waals surface area contributed by atoms with E-state index < -0.39 is 0 Å². The molecule has 10 nitrogen and oxygen atoms in total. The third kappa shape index (κ3) is 3.22. The molecule has 0 amide bonds.